The SMILES string of the molecule is C=C(C)/C=C\C(=C)S(=O)(=O)OC(C)(C)COC(C)(C)C.CC. The summed E-state index contributed by atoms with van der Waals surface area (Å²) in [5.41, 5.74) is -0.593. The molecule has 0 rings (SSSR count). The van der Waals surface area contributed by atoms with Crippen LogP contribution in [0.15, 0.2) is 35.8 Å². The van der Waals surface area contributed by atoms with Crippen molar-refractivity contribution in [2.24, 2.45) is 0 Å². The van der Waals surface area contributed by atoms with Gasteiger partial charge < -0.3 is 4.74 Å². The van der Waals surface area contributed by atoms with Crippen LogP contribution in [0.1, 0.15) is 55.4 Å². The molecule has 0 aliphatic heterocycles. The van der Waals surface area contributed by atoms with Crippen LogP contribution >= 0.6 is 0 Å². The van der Waals surface area contributed by atoms with Crippen molar-refractivity contribution in [1.82, 2.24) is 0 Å². The van der Waals surface area contributed by atoms with E-state index in [0.717, 1.165) is 5.57 Å². The molecule has 0 saturated heterocycles. The average molecular weight is 333 g/mol. The number of rotatable bonds is 7. The fourth-order valence-corrected chi connectivity index (χ4v) is 2.07. The second-order valence-electron chi connectivity index (χ2n) is 6.34. The van der Waals surface area contributed by atoms with Gasteiger partial charge in [0.05, 0.1) is 17.1 Å². The second kappa shape index (κ2) is 9.28. The summed E-state index contributed by atoms with van der Waals surface area (Å²) in [5, 5.41) is 0. The molecule has 5 heteroatoms. The first kappa shape index (κ1) is 23.4. The van der Waals surface area contributed by atoms with Crippen molar-refractivity contribution in [2.45, 2.75) is 66.6 Å². The Morgan fingerprint density at radius 2 is 1.50 bits per heavy atom. The van der Waals surface area contributed by atoms with Crippen LogP contribution in [-0.4, -0.2) is 26.2 Å². The molecule has 22 heavy (non-hydrogen) atoms. The van der Waals surface area contributed by atoms with Gasteiger partial charge in [-0.25, -0.2) is 0 Å². The Morgan fingerprint density at radius 3 is 1.86 bits per heavy atom. The fraction of sp³-hybridized carbons (Fsp3) is 0.647. The Labute approximate surface area is 137 Å². The zero-order chi connectivity index (χ0) is 18.2. The normalized spacial score (nSPS) is 12.7. The third-order valence-electron chi connectivity index (χ3n) is 2.06. The summed E-state index contributed by atoms with van der Waals surface area (Å²) in [6.07, 6.45) is 2.94. The highest BCUT2D eigenvalue weighted by Crippen LogP contribution is 2.21. The highest BCUT2D eigenvalue weighted by molar-refractivity contribution is 7.90. The smallest absolute Gasteiger partial charge is 0.296 e. The molecule has 0 amide bonds. The molecule has 0 aromatic rings. The van der Waals surface area contributed by atoms with E-state index in [0.29, 0.717) is 0 Å². The van der Waals surface area contributed by atoms with Gasteiger partial charge >= 0.3 is 0 Å². The zero-order valence-electron chi connectivity index (χ0n) is 15.3. The van der Waals surface area contributed by atoms with E-state index >= 15 is 0 Å². The second-order valence-corrected chi connectivity index (χ2v) is 7.94. The molecule has 4 nitrogen and oxygen atoms in total. The number of hydrogen-bond acceptors (Lipinski definition) is 4. The molecule has 0 saturated carbocycles. The minimum atomic E-state index is -3.88. The van der Waals surface area contributed by atoms with Gasteiger partial charge in [-0.2, -0.15) is 8.42 Å². The predicted molar refractivity (Wildman–Crippen MR) is 94.2 cm³/mol. The summed E-state index contributed by atoms with van der Waals surface area (Å²) < 4.78 is 34.8. The topological polar surface area (TPSA) is 52.6 Å². The average Bonchev–Trinajstić information content (AvgIpc) is 2.34. The molecular formula is C17H32O4S. The molecule has 0 bridgehead atoms. The maximum atomic E-state index is 12.0. The molecule has 0 aliphatic rings. The highest BCUT2D eigenvalue weighted by Gasteiger charge is 2.30. The predicted octanol–water partition coefficient (Wildman–Crippen LogP) is 4.60. The van der Waals surface area contributed by atoms with Gasteiger partial charge in [0.1, 0.15) is 5.60 Å². The lowest BCUT2D eigenvalue weighted by Gasteiger charge is -2.29. The van der Waals surface area contributed by atoms with Crippen molar-refractivity contribution in [2.75, 3.05) is 6.61 Å². The first-order chi connectivity index (χ1) is 9.75. The van der Waals surface area contributed by atoms with E-state index in [1.54, 1.807) is 26.8 Å². The lowest BCUT2D eigenvalue weighted by atomic mass is 10.1. The van der Waals surface area contributed by atoms with Crippen LogP contribution in [0.3, 0.4) is 0 Å². The van der Waals surface area contributed by atoms with Gasteiger partial charge in [0.25, 0.3) is 10.1 Å². The molecule has 0 unspecified atom stereocenters. The standard InChI is InChI=1S/C15H26O4S.C2H6/c1-12(2)9-10-13(3)20(16,17)19-15(7,8)11-18-14(4,5)6;1-2/h9-10H,1,3,11H2,2,4-8H3;1-2H3/b10-9-;. The Hall–Kier alpha value is -0.910. The van der Waals surface area contributed by atoms with Crippen molar-refractivity contribution >= 4 is 10.1 Å². The van der Waals surface area contributed by atoms with Gasteiger partial charge in [-0.05, 0) is 47.6 Å². The zero-order valence-corrected chi connectivity index (χ0v) is 16.1. The van der Waals surface area contributed by atoms with E-state index in [9.17, 15) is 8.42 Å². The van der Waals surface area contributed by atoms with Gasteiger partial charge in [0.2, 0.25) is 0 Å². The van der Waals surface area contributed by atoms with Gasteiger partial charge in [0, 0.05) is 0 Å². The van der Waals surface area contributed by atoms with E-state index in [2.05, 4.69) is 13.2 Å². The summed E-state index contributed by atoms with van der Waals surface area (Å²) in [4.78, 5) is -0.107. The Balaban J connectivity index is 0. The van der Waals surface area contributed by atoms with Crippen LogP contribution < -0.4 is 0 Å². The molecule has 0 radical (unpaired) electrons. The van der Waals surface area contributed by atoms with Crippen LogP contribution in [0.2, 0.25) is 0 Å². The van der Waals surface area contributed by atoms with Crippen molar-refractivity contribution in [1.29, 1.82) is 0 Å². The number of ether oxygens (including phenoxy) is 1. The van der Waals surface area contributed by atoms with Crippen molar-refractivity contribution in [3.05, 3.63) is 35.8 Å². The molecule has 130 valence electrons. The Kier molecular flexibility index (Phi) is 9.85. The molecule has 0 fully saturated rings. The molecule has 0 aromatic heterocycles. The van der Waals surface area contributed by atoms with Gasteiger partial charge in [-0.3, -0.25) is 4.18 Å². The third kappa shape index (κ3) is 11.7. The van der Waals surface area contributed by atoms with Gasteiger partial charge in [-0.1, -0.05) is 38.7 Å². The monoisotopic (exact) mass is 332 g/mol. The molecule has 0 atom stereocenters. The quantitative estimate of drug-likeness (QED) is 0.505. The lowest BCUT2D eigenvalue weighted by Crippen LogP contribution is -2.37. The summed E-state index contributed by atoms with van der Waals surface area (Å²) >= 11 is 0. The van der Waals surface area contributed by atoms with Crippen LogP contribution in [0, 0.1) is 0 Å². The number of allylic oxidation sites excluding steroid dienone is 3. The van der Waals surface area contributed by atoms with E-state index in [1.807, 2.05) is 34.6 Å². The maximum absolute atomic E-state index is 12.0. The molecule has 0 aliphatic carbocycles. The lowest BCUT2D eigenvalue weighted by molar-refractivity contribution is -0.0699. The Bertz CT molecular complexity index is 491. The van der Waals surface area contributed by atoms with Crippen molar-refractivity contribution < 1.29 is 17.3 Å². The highest BCUT2D eigenvalue weighted by atomic mass is 32.2. The van der Waals surface area contributed by atoms with E-state index in [-0.39, 0.29) is 17.1 Å². The first-order valence-corrected chi connectivity index (χ1v) is 8.78. The van der Waals surface area contributed by atoms with Crippen LogP contribution in [0.4, 0.5) is 0 Å². The largest absolute Gasteiger partial charge is 0.373 e. The van der Waals surface area contributed by atoms with Crippen molar-refractivity contribution in [3.63, 3.8) is 0 Å². The van der Waals surface area contributed by atoms with Crippen LogP contribution in [0.5, 0.6) is 0 Å². The van der Waals surface area contributed by atoms with Crippen molar-refractivity contribution in [3.8, 4) is 0 Å². The summed E-state index contributed by atoms with van der Waals surface area (Å²) in [6, 6.07) is 0. The van der Waals surface area contributed by atoms with Crippen LogP contribution in [0.25, 0.3) is 0 Å². The molecule has 0 N–H and O–H groups in total. The van der Waals surface area contributed by atoms with E-state index in [1.165, 1.54) is 6.08 Å². The molecular weight excluding hydrogens is 300 g/mol. The number of hydrogen-bond donors (Lipinski definition) is 0. The maximum Gasteiger partial charge on any atom is 0.296 e. The molecule has 0 aromatic carbocycles. The first-order valence-electron chi connectivity index (χ1n) is 7.37. The van der Waals surface area contributed by atoms with Crippen LogP contribution in [-0.2, 0) is 19.0 Å². The van der Waals surface area contributed by atoms with E-state index < -0.39 is 15.7 Å². The summed E-state index contributed by atoms with van der Waals surface area (Å²) in [7, 11) is -3.88. The van der Waals surface area contributed by atoms with Gasteiger partial charge in [0.15, 0.2) is 0 Å². The minimum Gasteiger partial charge on any atom is -0.373 e. The summed E-state index contributed by atoms with van der Waals surface area (Å²) in [5.74, 6) is 0. The fourth-order valence-electron chi connectivity index (χ4n) is 1.08. The van der Waals surface area contributed by atoms with Gasteiger partial charge in [-0.15, -0.1) is 0 Å². The molecule has 0 heterocycles. The summed E-state index contributed by atoms with van der Waals surface area (Å²) in [6.45, 7) is 22.1. The Morgan fingerprint density at radius 1 is 1.05 bits per heavy atom. The minimum absolute atomic E-state index is 0.107. The molecule has 0 spiro atoms. The third-order valence-corrected chi connectivity index (χ3v) is 3.51. The van der Waals surface area contributed by atoms with E-state index in [4.69, 9.17) is 8.92 Å².